The maximum absolute atomic E-state index is 12.3. The molecule has 0 aliphatic carbocycles. The van der Waals surface area contributed by atoms with Gasteiger partial charge in [-0.05, 0) is 56.5 Å². The van der Waals surface area contributed by atoms with Gasteiger partial charge in [-0.15, -0.1) is 0 Å². The first-order valence-electron chi connectivity index (χ1n) is 9.52. The van der Waals surface area contributed by atoms with Crippen LogP contribution in [0.3, 0.4) is 0 Å². The van der Waals surface area contributed by atoms with Gasteiger partial charge in [0.2, 0.25) is 0 Å². The lowest BCUT2D eigenvalue weighted by Crippen LogP contribution is -2.44. The quantitative estimate of drug-likeness (QED) is 0.845. The Morgan fingerprint density at radius 1 is 1.00 bits per heavy atom. The van der Waals surface area contributed by atoms with Crippen molar-refractivity contribution in [3.63, 3.8) is 0 Å². The highest BCUT2D eigenvalue weighted by molar-refractivity contribution is 5.97. The van der Waals surface area contributed by atoms with Crippen molar-refractivity contribution in [2.75, 3.05) is 37.7 Å². The fraction of sp³-hybridized carbons (Fsp3) is 0.409. The SMILES string of the molecule is Cc1ccc(C2CCN(CCN3C(=O)COc4ccccc43)CC2)cc1. The average Bonchev–Trinajstić information content (AvgIpc) is 2.68. The summed E-state index contributed by atoms with van der Waals surface area (Å²) in [5.74, 6) is 1.53. The molecule has 2 aliphatic heterocycles. The number of hydrogen-bond donors (Lipinski definition) is 0. The van der Waals surface area contributed by atoms with E-state index in [-0.39, 0.29) is 12.5 Å². The summed E-state index contributed by atoms with van der Waals surface area (Å²) in [7, 11) is 0. The molecule has 0 N–H and O–H groups in total. The molecule has 2 aromatic rings. The van der Waals surface area contributed by atoms with Crippen LogP contribution in [0.25, 0.3) is 0 Å². The van der Waals surface area contributed by atoms with Crippen LogP contribution in [0.1, 0.15) is 29.9 Å². The number of aryl methyl sites for hydroxylation is 1. The normalized spacial score (nSPS) is 18.5. The second-order valence-corrected chi connectivity index (χ2v) is 7.33. The van der Waals surface area contributed by atoms with E-state index in [0.717, 1.165) is 37.6 Å². The highest BCUT2D eigenvalue weighted by Crippen LogP contribution is 2.32. The third-order valence-corrected chi connectivity index (χ3v) is 5.58. The molecule has 0 radical (unpaired) electrons. The number of para-hydroxylation sites is 2. The maximum atomic E-state index is 12.3. The number of ether oxygens (including phenoxy) is 1. The molecule has 0 spiro atoms. The summed E-state index contributed by atoms with van der Waals surface area (Å²) in [5.41, 5.74) is 3.69. The monoisotopic (exact) mass is 350 g/mol. The van der Waals surface area contributed by atoms with Crippen LogP contribution in [-0.4, -0.2) is 43.6 Å². The molecule has 0 atom stereocenters. The molecule has 2 aromatic carbocycles. The molecule has 1 fully saturated rings. The van der Waals surface area contributed by atoms with E-state index in [1.165, 1.54) is 24.0 Å². The van der Waals surface area contributed by atoms with Crippen LogP contribution >= 0.6 is 0 Å². The second-order valence-electron chi connectivity index (χ2n) is 7.33. The molecule has 0 aromatic heterocycles. The van der Waals surface area contributed by atoms with Gasteiger partial charge < -0.3 is 14.5 Å². The van der Waals surface area contributed by atoms with Gasteiger partial charge in [0, 0.05) is 13.1 Å². The molecule has 0 bridgehead atoms. The molecule has 0 unspecified atom stereocenters. The third-order valence-electron chi connectivity index (χ3n) is 5.58. The Morgan fingerprint density at radius 3 is 2.50 bits per heavy atom. The van der Waals surface area contributed by atoms with Crippen molar-refractivity contribution in [3.05, 3.63) is 59.7 Å². The molecule has 2 heterocycles. The maximum Gasteiger partial charge on any atom is 0.265 e. The number of anilines is 1. The van der Waals surface area contributed by atoms with E-state index in [2.05, 4.69) is 36.1 Å². The van der Waals surface area contributed by atoms with Crippen LogP contribution in [0.15, 0.2) is 48.5 Å². The highest BCUT2D eigenvalue weighted by Gasteiger charge is 2.26. The molecule has 4 heteroatoms. The first-order chi connectivity index (χ1) is 12.7. The van der Waals surface area contributed by atoms with E-state index in [0.29, 0.717) is 5.92 Å². The standard InChI is InChI=1S/C22H26N2O2/c1-17-6-8-18(9-7-17)19-10-12-23(13-11-19)14-15-24-20-4-2-3-5-21(20)26-16-22(24)25/h2-9,19H,10-16H2,1H3. The largest absolute Gasteiger partial charge is 0.482 e. The smallest absolute Gasteiger partial charge is 0.265 e. The Hall–Kier alpha value is -2.33. The Morgan fingerprint density at radius 2 is 1.73 bits per heavy atom. The number of nitrogens with zero attached hydrogens (tertiary/aromatic N) is 2. The summed E-state index contributed by atoms with van der Waals surface area (Å²) < 4.78 is 5.52. The van der Waals surface area contributed by atoms with Gasteiger partial charge in [0.25, 0.3) is 5.91 Å². The third kappa shape index (κ3) is 3.61. The van der Waals surface area contributed by atoms with Gasteiger partial charge in [-0.3, -0.25) is 4.79 Å². The van der Waals surface area contributed by atoms with Gasteiger partial charge >= 0.3 is 0 Å². The van der Waals surface area contributed by atoms with E-state index >= 15 is 0 Å². The first kappa shape index (κ1) is 17.1. The minimum absolute atomic E-state index is 0.0539. The van der Waals surface area contributed by atoms with Crippen LogP contribution in [0.5, 0.6) is 5.75 Å². The topological polar surface area (TPSA) is 32.8 Å². The zero-order valence-corrected chi connectivity index (χ0v) is 15.4. The lowest BCUT2D eigenvalue weighted by Gasteiger charge is -2.35. The van der Waals surface area contributed by atoms with Crippen LogP contribution in [0, 0.1) is 6.92 Å². The van der Waals surface area contributed by atoms with Crippen molar-refractivity contribution >= 4 is 11.6 Å². The number of piperidine rings is 1. The fourth-order valence-corrected chi connectivity index (χ4v) is 3.97. The molecule has 26 heavy (non-hydrogen) atoms. The summed E-state index contributed by atoms with van der Waals surface area (Å²) >= 11 is 0. The van der Waals surface area contributed by atoms with Gasteiger partial charge in [0.05, 0.1) is 5.69 Å². The molecular weight excluding hydrogens is 324 g/mol. The predicted octanol–water partition coefficient (Wildman–Crippen LogP) is 3.60. The van der Waals surface area contributed by atoms with Gasteiger partial charge in [-0.1, -0.05) is 42.0 Å². The van der Waals surface area contributed by atoms with Gasteiger partial charge in [-0.2, -0.15) is 0 Å². The lowest BCUT2D eigenvalue weighted by molar-refractivity contribution is -0.121. The minimum Gasteiger partial charge on any atom is -0.482 e. The molecule has 4 nitrogen and oxygen atoms in total. The van der Waals surface area contributed by atoms with Gasteiger partial charge in [0.1, 0.15) is 5.75 Å². The van der Waals surface area contributed by atoms with Crippen LogP contribution in [0.4, 0.5) is 5.69 Å². The highest BCUT2D eigenvalue weighted by atomic mass is 16.5. The Kier molecular flexibility index (Phi) is 4.93. The van der Waals surface area contributed by atoms with Crippen LogP contribution in [0.2, 0.25) is 0 Å². The van der Waals surface area contributed by atoms with Gasteiger partial charge in [-0.25, -0.2) is 0 Å². The predicted molar refractivity (Wildman–Crippen MR) is 104 cm³/mol. The number of likely N-dealkylation sites (tertiary alicyclic amines) is 1. The number of hydrogen-bond acceptors (Lipinski definition) is 3. The van der Waals surface area contributed by atoms with E-state index in [9.17, 15) is 4.79 Å². The van der Waals surface area contributed by atoms with Crippen molar-refractivity contribution in [1.82, 2.24) is 4.90 Å². The number of carbonyl (C=O) groups is 1. The van der Waals surface area contributed by atoms with E-state index in [4.69, 9.17) is 4.74 Å². The first-order valence-corrected chi connectivity index (χ1v) is 9.52. The lowest BCUT2D eigenvalue weighted by atomic mass is 9.89. The van der Waals surface area contributed by atoms with Gasteiger partial charge in [0.15, 0.2) is 6.61 Å². The van der Waals surface area contributed by atoms with Crippen molar-refractivity contribution in [2.45, 2.75) is 25.7 Å². The summed E-state index contributed by atoms with van der Waals surface area (Å²) in [6, 6.07) is 16.8. The Labute approximate surface area is 155 Å². The molecule has 2 aliphatic rings. The van der Waals surface area contributed by atoms with E-state index in [1.54, 1.807) is 0 Å². The minimum atomic E-state index is 0.0539. The average molecular weight is 350 g/mol. The number of rotatable bonds is 4. The van der Waals surface area contributed by atoms with Crippen molar-refractivity contribution in [1.29, 1.82) is 0 Å². The number of benzene rings is 2. The summed E-state index contributed by atoms with van der Waals surface area (Å²) in [6.45, 7) is 6.12. The molecule has 0 saturated carbocycles. The van der Waals surface area contributed by atoms with Crippen LogP contribution < -0.4 is 9.64 Å². The summed E-state index contributed by atoms with van der Waals surface area (Å²) in [6.07, 6.45) is 2.38. The van der Waals surface area contributed by atoms with Crippen molar-refractivity contribution in [2.24, 2.45) is 0 Å². The summed E-state index contributed by atoms with van der Waals surface area (Å²) in [5, 5.41) is 0. The zero-order valence-electron chi connectivity index (χ0n) is 15.4. The summed E-state index contributed by atoms with van der Waals surface area (Å²) in [4.78, 5) is 16.6. The fourth-order valence-electron chi connectivity index (χ4n) is 3.97. The zero-order chi connectivity index (χ0) is 17.9. The molecule has 136 valence electrons. The second kappa shape index (κ2) is 7.50. The number of carbonyl (C=O) groups excluding carboxylic acids is 1. The van der Waals surface area contributed by atoms with E-state index < -0.39 is 0 Å². The van der Waals surface area contributed by atoms with E-state index in [1.807, 2.05) is 29.2 Å². The van der Waals surface area contributed by atoms with Crippen molar-refractivity contribution in [3.8, 4) is 5.75 Å². The number of fused-ring (bicyclic) bond motifs is 1. The Bertz CT molecular complexity index is 764. The van der Waals surface area contributed by atoms with Crippen LogP contribution in [-0.2, 0) is 4.79 Å². The molecule has 4 rings (SSSR count). The molecule has 1 saturated heterocycles. The van der Waals surface area contributed by atoms with Crippen molar-refractivity contribution < 1.29 is 9.53 Å². The number of amides is 1. The molecular formula is C22H26N2O2. The Balaban J connectivity index is 1.33. The molecule has 1 amide bonds.